The van der Waals surface area contributed by atoms with Crippen LogP contribution < -0.4 is 10.8 Å². The van der Waals surface area contributed by atoms with Crippen LogP contribution in [0.1, 0.15) is 52.0 Å². The minimum atomic E-state index is -1.61. The van der Waals surface area contributed by atoms with Gasteiger partial charge in [0.2, 0.25) is 0 Å². The first kappa shape index (κ1) is 21.7. The molecule has 0 spiro atoms. The second-order valence-corrected chi connectivity index (χ2v) is 8.20. The van der Waals surface area contributed by atoms with E-state index in [9.17, 15) is 19.2 Å². The third-order valence-corrected chi connectivity index (χ3v) is 4.88. The number of carbonyl (C=O) groups excluding carboxylic acids is 1. The Morgan fingerprint density at radius 2 is 1.93 bits per heavy atom. The predicted molar refractivity (Wildman–Crippen MR) is 103 cm³/mol. The quantitative estimate of drug-likeness (QED) is 0.679. The first-order valence-electron chi connectivity index (χ1n) is 9.40. The first-order chi connectivity index (χ1) is 12.6. The smallest absolute Gasteiger partial charge is 0.444 e. The van der Waals surface area contributed by atoms with Crippen molar-refractivity contribution in [1.29, 1.82) is 0 Å². The molecule has 6 nitrogen and oxygen atoms in total. The van der Waals surface area contributed by atoms with Crippen LogP contribution in [0.5, 0.6) is 0 Å². The molecule has 2 rings (SSSR count). The van der Waals surface area contributed by atoms with Gasteiger partial charge in [0, 0.05) is 31.2 Å². The summed E-state index contributed by atoms with van der Waals surface area (Å²) in [5.41, 5.74) is 0.176. The highest BCUT2D eigenvalue weighted by atomic mass is 19.1. The average Bonchev–Trinajstić information content (AvgIpc) is 2.59. The highest BCUT2D eigenvalue weighted by Crippen LogP contribution is 2.24. The molecule has 150 valence electrons. The largest absolute Gasteiger partial charge is 0.488 e. The summed E-state index contributed by atoms with van der Waals surface area (Å²) in [6.45, 7) is 5.88. The molecule has 8 heteroatoms. The standard InChI is InChI=1S/C19H30BFN2O4/c1-19(2,3)27-18(24)23(4)16-8-6-15(7-9-16)22-12-13-11-14(20(25)26)5-10-17(13)21/h5,10-11,15-16,22,25-26H,6-9,12H2,1-4H3. The van der Waals surface area contributed by atoms with E-state index >= 15 is 0 Å². The number of amides is 1. The molecule has 0 aliphatic heterocycles. The molecule has 0 unspecified atom stereocenters. The summed E-state index contributed by atoms with van der Waals surface area (Å²) >= 11 is 0. The Morgan fingerprint density at radius 1 is 1.30 bits per heavy atom. The number of nitrogens with zero attached hydrogens (tertiary/aromatic N) is 1. The van der Waals surface area contributed by atoms with Crippen LogP contribution in [0, 0.1) is 5.82 Å². The molecule has 1 aliphatic carbocycles. The topological polar surface area (TPSA) is 82.0 Å². The lowest BCUT2D eigenvalue weighted by Crippen LogP contribution is -2.45. The van der Waals surface area contributed by atoms with Gasteiger partial charge in [-0.15, -0.1) is 0 Å². The van der Waals surface area contributed by atoms with Crippen LogP contribution >= 0.6 is 0 Å². The van der Waals surface area contributed by atoms with Gasteiger partial charge >= 0.3 is 13.2 Å². The molecule has 0 heterocycles. The van der Waals surface area contributed by atoms with Crippen molar-refractivity contribution in [2.24, 2.45) is 0 Å². The normalized spacial score (nSPS) is 20.3. The zero-order valence-electron chi connectivity index (χ0n) is 16.5. The Kier molecular flexibility index (Phi) is 7.25. The van der Waals surface area contributed by atoms with Crippen LogP contribution in [0.15, 0.2) is 18.2 Å². The average molecular weight is 380 g/mol. The van der Waals surface area contributed by atoms with E-state index in [1.807, 2.05) is 20.8 Å². The van der Waals surface area contributed by atoms with Gasteiger partial charge < -0.3 is 25.0 Å². The lowest BCUT2D eigenvalue weighted by molar-refractivity contribution is 0.0179. The van der Waals surface area contributed by atoms with E-state index in [-0.39, 0.29) is 29.5 Å². The maximum atomic E-state index is 13.9. The molecular weight excluding hydrogens is 350 g/mol. The summed E-state index contributed by atoms with van der Waals surface area (Å²) in [5, 5.41) is 21.8. The maximum Gasteiger partial charge on any atom is 0.488 e. The van der Waals surface area contributed by atoms with Crippen molar-refractivity contribution >= 4 is 18.7 Å². The van der Waals surface area contributed by atoms with E-state index < -0.39 is 12.7 Å². The molecule has 0 aromatic heterocycles. The Morgan fingerprint density at radius 3 is 2.48 bits per heavy atom. The van der Waals surface area contributed by atoms with Crippen LogP contribution in [0.4, 0.5) is 9.18 Å². The van der Waals surface area contributed by atoms with Crippen molar-refractivity contribution in [3.8, 4) is 0 Å². The van der Waals surface area contributed by atoms with E-state index in [0.717, 1.165) is 25.7 Å². The van der Waals surface area contributed by atoms with E-state index in [2.05, 4.69) is 5.32 Å². The Balaban J connectivity index is 1.83. The number of halogens is 1. The number of ether oxygens (including phenoxy) is 1. The Bertz CT molecular complexity index is 643. The van der Waals surface area contributed by atoms with Gasteiger partial charge in [-0.1, -0.05) is 12.1 Å². The lowest BCUT2D eigenvalue weighted by atomic mass is 9.79. The van der Waals surface area contributed by atoms with Gasteiger partial charge in [0.15, 0.2) is 0 Å². The molecule has 27 heavy (non-hydrogen) atoms. The SMILES string of the molecule is CN(C(=O)OC(C)(C)C)C1CCC(NCc2cc(B(O)O)ccc2F)CC1. The second-order valence-electron chi connectivity index (χ2n) is 8.20. The van der Waals surface area contributed by atoms with Gasteiger partial charge in [-0.05, 0) is 58.0 Å². The van der Waals surface area contributed by atoms with Gasteiger partial charge in [0.05, 0.1) is 0 Å². The summed E-state index contributed by atoms with van der Waals surface area (Å²) in [6.07, 6.45) is 3.15. The summed E-state index contributed by atoms with van der Waals surface area (Å²) in [6, 6.07) is 4.45. The highest BCUT2D eigenvalue weighted by molar-refractivity contribution is 6.58. The summed E-state index contributed by atoms with van der Waals surface area (Å²) in [4.78, 5) is 13.9. The molecule has 0 atom stereocenters. The predicted octanol–water partition coefficient (Wildman–Crippen LogP) is 1.77. The van der Waals surface area contributed by atoms with Crippen molar-refractivity contribution in [2.45, 2.75) is 70.7 Å². The fourth-order valence-electron chi connectivity index (χ4n) is 3.30. The minimum absolute atomic E-state index is 0.141. The molecule has 1 amide bonds. The lowest BCUT2D eigenvalue weighted by Gasteiger charge is -2.35. The number of benzene rings is 1. The fourth-order valence-corrected chi connectivity index (χ4v) is 3.30. The molecule has 0 radical (unpaired) electrons. The van der Waals surface area contributed by atoms with Gasteiger partial charge in [-0.25, -0.2) is 9.18 Å². The van der Waals surface area contributed by atoms with Crippen molar-refractivity contribution in [2.75, 3.05) is 7.05 Å². The van der Waals surface area contributed by atoms with Crippen molar-refractivity contribution < 1.29 is 24.0 Å². The number of hydrogen-bond acceptors (Lipinski definition) is 5. The molecule has 3 N–H and O–H groups in total. The van der Waals surface area contributed by atoms with Crippen LogP contribution in [0.3, 0.4) is 0 Å². The Hall–Kier alpha value is -1.64. The van der Waals surface area contributed by atoms with Crippen LogP contribution in [0.2, 0.25) is 0 Å². The van der Waals surface area contributed by atoms with E-state index in [4.69, 9.17) is 4.74 Å². The highest BCUT2D eigenvalue weighted by Gasteiger charge is 2.29. The molecule has 1 fully saturated rings. The monoisotopic (exact) mass is 380 g/mol. The van der Waals surface area contributed by atoms with E-state index in [1.54, 1.807) is 11.9 Å². The molecular formula is C19H30BFN2O4. The van der Waals surface area contributed by atoms with Crippen LogP contribution in [-0.2, 0) is 11.3 Å². The second kappa shape index (κ2) is 9.04. The molecule has 1 aliphatic rings. The third-order valence-electron chi connectivity index (χ3n) is 4.88. The fraction of sp³-hybridized carbons (Fsp3) is 0.632. The number of rotatable bonds is 5. The number of carbonyl (C=O) groups is 1. The van der Waals surface area contributed by atoms with Gasteiger partial charge in [-0.2, -0.15) is 0 Å². The van der Waals surface area contributed by atoms with Crippen molar-refractivity contribution in [3.63, 3.8) is 0 Å². The molecule has 0 bridgehead atoms. The number of hydrogen-bond donors (Lipinski definition) is 3. The summed E-state index contributed by atoms with van der Waals surface area (Å²) < 4.78 is 19.3. The van der Waals surface area contributed by atoms with Gasteiger partial charge in [0.1, 0.15) is 11.4 Å². The molecule has 1 aromatic rings. The minimum Gasteiger partial charge on any atom is -0.444 e. The zero-order valence-corrected chi connectivity index (χ0v) is 16.5. The zero-order chi connectivity index (χ0) is 20.2. The molecule has 1 saturated carbocycles. The van der Waals surface area contributed by atoms with Crippen LogP contribution in [0.25, 0.3) is 0 Å². The first-order valence-corrected chi connectivity index (χ1v) is 9.40. The van der Waals surface area contributed by atoms with Gasteiger partial charge in [-0.3, -0.25) is 0 Å². The number of nitrogens with one attached hydrogen (secondary N) is 1. The van der Waals surface area contributed by atoms with E-state index in [0.29, 0.717) is 12.1 Å². The Labute approximate surface area is 160 Å². The third kappa shape index (κ3) is 6.48. The van der Waals surface area contributed by atoms with Gasteiger partial charge in [0.25, 0.3) is 0 Å². The van der Waals surface area contributed by atoms with E-state index in [1.165, 1.54) is 18.2 Å². The molecule has 0 saturated heterocycles. The van der Waals surface area contributed by atoms with Crippen molar-refractivity contribution in [1.82, 2.24) is 10.2 Å². The summed E-state index contributed by atoms with van der Waals surface area (Å²) in [5.74, 6) is -0.370. The van der Waals surface area contributed by atoms with Crippen LogP contribution in [-0.4, -0.2) is 52.9 Å². The molecule has 1 aromatic carbocycles. The summed E-state index contributed by atoms with van der Waals surface area (Å²) in [7, 11) is 0.163. The maximum absolute atomic E-state index is 13.9. The van der Waals surface area contributed by atoms with Crippen molar-refractivity contribution in [3.05, 3.63) is 29.6 Å².